The molecule has 4 heteroatoms. The molecule has 1 fully saturated rings. The van der Waals surface area contributed by atoms with Crippen LogP contribution in [0, 0.1) is 0 Å². The van der Waals surface area contributed by atoms with E-state index < -0.39 is 0 Å². The fourth-order valence-corrected chi connectivity index (χ4v) is 2.92. The van der Waals surface area contributed by atoms with Crippen molar-refractivity contribution in [3.05, 3.63) is 18.3 Å². The Balaban J connectivity index is 1.92. The fourth-order valence-electron chi connectivity index (χ4n) is 2.92. The van der Waals surface area contributed by atoms with Crippen LogP contribution >= 0.6 is 0 Å². The molecule has 0 aliphatic carbocycles. The lowest BCUT2D eigenvalue weighted by molar-refractivity contribution is 0.456. The molecule has 20 heavy (non-hydrogen) atoms. The van der Waals surface area contributed by atoms with Crippen LogP contribution in [0.2, 0.25) is 0 Å². The summed E-state index contributed by atoms with van der Waals surface area (Å²) in [6.07, 6.45) is 8.38. The van der Waals surface area contributed by atoms with Gasteiger partial charge in [-0.05, 0) is 44.9 Å². The molecule has 2 rings (SSSR count). The second-order valence-electron chi connectivity index (χ2n) is 6.05. The Kier molecular flexibility index (Phi) is 5.65. The highest BCUT2D eigenvalue weighted by atomic mass is 15.2. The molecule has 2 unspecified atom stereocenters. The van der Waals surface area contributed by atoms with Crippen LogP contribution in [-0.4, -0.2) is 37.7 Å². The van der Waals surface area contributed by atoms with E-state index in [2.05, 4.69) is 33.5 Å². The van der Waals surface area contributed by atoms with Crippen molar-refractivity contribution in [1.82, 2.24) is 10.3 Å². The van der Waals surface area contributed by atoms with Crippen molar-refractivity contribution in [1.29, 1.82) is 0 Å². The van der Waals surface area contributed by atoms with Gasteiger partial charge in [0.15, 0.2) is 5.82 Å². The van der Waals surface area contributed by atoms with Crippen LogP contribution in [0.1, 0.15) is 39.0 Å². The number of hydrogen-bond acceptors (Lipinski definition) is 4. The van der Waals surface area contributed by atoms with Gasteiger partial charge >= 0.3 is 0 Å². The third kappa shape index (κ3) is 4.37. The van der Waals surface area contributed by atoms with Crippen molar-refractivity contribution in [2.45, 2.75) is 51.1 Å². The van der Waals surface area contributed by atoms with Gasteiger partial charge in [0.05, 0.1) is 5.69 Å². The summed E-state index contributed by atoms with van der Waals surface area (Å²) >= 11 is 0. The molecule has 0 radical (unpaired) electrons. The van der Waals surface area contributed by atoms with E-state index in [1.807, 2.05) is 26.4 Å². The second kappa shape index (κ2) is 7.48. The van der Waals surface area contributed by atoms with E-state index >= 15 is 0 Å². The first kappa shape index (κ1) is 15.1. The highest BCUT2D eigenvalue weighted by molar-refractivity contribution is 5.65. The van der Waals surface area contributed by atoms with Gasteiger partial charge in [0, 0.05) is 32.4 Å². The molecule has 0 spiro atoms. The van der Waals surface area contributed by atoms with Gasteiger partial charge < -0.3 is 15.5 Å². The number of rotatable bonds is 5. The predicted molar refractivity (Wildman–Crippen MR) is 86.5 cm³/mol. The monoisotopic (exact) mass is 276 g/mol. The third-order valence-corrected chi connectivity index (χ3v) is 3.91. The smallest absolute Gasteiger partial charge is 0.151 e. The summed E-state index contributed by atoms with van der Waals surface area (Å²) in [5, 5.41) is 7.28. The van der Waals surface area contributed by atoms with E-state index in [1.54, 1.807) is 0 Å². The zero-order valence-electron chi connectivity index (χ0n) is 13.0. The van der Waals surface area contributed by atoms with Crippen LogP contribution in [0.3, 0.4) is 0 Å². The number of hydrogen-bond donors (Lipinski definition) is 2. The van der Waals surface area contributed by atoms with Crippen LogP contribution < -0.4 is 15.5 Å². The molecule has 1 aliphatic heterocycles. The van der Waals surface area contributed by atoms with Crippen molar-refractivity contribution >= 4 is 11.5 Å². The number of anilines is 2. The van der Waals surface area contributed by atoms with Gasteiger partial charge in [-0.2, -0.15) is 0 Å². The molecule has 0 aromatic carbocycles. The molecule has 0 saturated carbocycles. The predicted octanol–water partition coefficient (Wildman–Crippen LogP) is 2.87. The minimum absolute atomic E-state index is 0.452. The van der Waals surface area contributed by atoms with Gasteiger partial charge in [-0.3, -0.25) is 0 Å². The quantitative estimate of drug-likeness (QED) is 0.867. The Morgan fingerprint density at radius 2 is 2.25 bits per heavy atom. The Labute approximate surface area is 123 Å². The highest BCUT2D eigenvalue weighted by Crippen LogP contribution is 2.22. The standard InChI is InChI=1S/C16H28N4/c1-13(12-14-8-5-4-6-10-17-14)19-15-9-7-11-18-16(15)20(2)3/h7,9,11,13-14,17,19H,4-6,8,10,12H2,1-3H3. The molecule has 1 aromatic heterocycles. The molecule has 0 amide bonds. The van der Waals surface area contributed by atoms with Crippen LogP contribution in [0.4, 0.5) is 11.5 Å². The molecule has 112 valence electrons. The van der Waals surface area contributed by atoms with E-state index in [-0.39, 0.29) is 0 Å². The van der Waals surface area contributed by atoms with Crippen LogP contribution in [0.15, 0.2) is 18.3 Å². The van der Waals surface area contributed by atoms with Gasteiger partial charge in [0.1, 0.15) is 0 Å². The second-order valence-corrected chi connectivity index (χ2v) is 6.05. The van der Waals surface area contributed by atoms with Gasteiger partial charge in [-0.1, -0.05) is 12.8 Å². The van der Waals surface area contributed by atoms with Crippen LogP contribution in [0.25, 0.3) is 0 Å². The zero-order chi connectivity index (χ0) is 14.4. The molecular formula is C16H28N4. The first-order valence-corrected chi connectivity index (χ1v) is 7.79. The Morgan fingerprint density at radius 1 is 1.40 bits per heavy atom. The Bertz CT molecular complexity index is 397. The maximum absolute atomic E-state index is 4.44. The maximum atomic E-state index is 4.44. The summed E-state index contributed by atoms with van der Waals surface area (Å²) in [6.45, 7) is 3.44. The van der Waals surface area contributed by atoms with Crippen LogP contribution in [-0.2, 0) is 0 Å². The fraction of sp³-hybridized carbons (Fsp3) is 0.688. The summed E-state index contributed by atoms with van der Waals surface area (Å²) < 4.78 is 0. The number of nitrogens with zero attached hydrogens (tertiary/aromatic N) is 2. The van der Waals surface area contributed by atoms with Gasteiger partial charge in [0.2, 0.25) is 0 Å². The number of aromatic nitrogens is 1. The minimum Gasteiger partial charge on any atom is -0.380 e. The largest absolute Gasteiger partial charge is 0.380 e. The van der Waals surface area contributed by atoms with Crippen LogP contribution in [0.5, 0.6) is 0 Å². The zero-order valence-corrected chi connectivity index (χ0v) is 13.0. The molecule has 2 heterocycles. The summed E-state index contributed by atoms with van der Waals surface area (Å²) in [7, 11) is 4.07. The van der Waals surface area contributed by atoms with Crippen molar-refractivity contribution < 1.29 is 0 Å². The lowest BCUT2D eigenvalue weighted by Crippen LogP contribution is -2.33. The average molecular weight is 276 g/mol. The molecule has 0 bridgehead atoms. The molecule has 1 saturated heterocycles. The topological polar surface area (TPSA) is 40.2 Å². The van der Waals surface area contributed by atoms with Crippen molar-refractivity contribution in [3.63, 3.8) is 0 Å². The molecule has 2 N–H and O–H groups in total. The molecule has 4 nitrogen and oxygen atoms in total. The first-order valence-electron chi connectivity index (χ1n) is 7.79. The summed E-state index contributed by atoms with van der Waals surface area (Å²) in [5.41, 5.74) is 1.12. The SMILES string of the molecule is CC(CC1CCCCCN1)Nc1cccnc1N(C)C. The van der Waals surface area contributed by atoms with E-state index in [1.165, 1.54) is 38.6 Å². The lowest BCUT2D eigenvalue weighted by atomic mass is 10.0. The van der Waals surface area contributed by atoms with E-state index in [4.69, 9.17) is 0 Å². The molecular weight excluding hydrogens is 248 g/mol. The first-order chi connectivity index (χ1) is 9.66. The van der Waals surface area contributed by atoms with Gasteiger partial charge in [-0.25, -0.2) is 4.98 Å². The number of pyridine rings is 1. The van der Waals surface area contributed by atoms with Crippen molar-refractivity contribution in [3.8, 4) is 0 Å². The molecule has 2 atom stereocenters. The Morgan fingerprint density at radius 3 is 3.05 bits per heavy atom. The van der Waals surface area contributed by atoms with Crippen molar-refractivity contribution in [2.75, 3.05) is 30.9 Å². The van der Waals surface area contributed by atoms with Gasteiger partial charge in [-0.15, -0.1) is 0 Å². The highest BCUT2D eigenvalue weighted by Gasteiger charge is 2.16. The van der Waals surface area contributed by atoms with E-state index in [0.717, 1.165) is 11.5 Å². The Hall–Kier alpha value is -1.29. The lowest BCUT2D eigenvalue weighted by Gasteiger charge is -2.24. The van der Waals surface area contributed by atoms with Gasteiger partial charge in [0.25, 0.3) is 0 Å². The normalized spacial score (nSPS) is 21.1. The average Bonchev–Trinajstić information content (AvgIpc) is 2.67. The maximum Gasteiger partial charge on any atom is 0.151 e. The molecule has 1 aliphatic rings. The molecule has 1 aromatic rings. The van der Waals surface area contributed by atoms with E-state index in [9.17, 15) is 0 Å². The summed E-state index contributed by atoms with van der Waals surface area (Å²) in [5.74, 6) is 1.01. The van der Waals surface area contributed by atoms with Crippen molar-refractivity contribution in [2.24, 2.45) is 0 Å². The number of nitrogens with one attached hydrogen (secondary N) is 2. The minimum atomic E-state index is 0.452. The third-order valence-electron chi connectivity index (χ3n) is 3.91. The summed E-state index contributed by atoms with van der Waals surface area (Å²) in [6, 6.07) is 5.21. The van der Waals surface area contributed by atoms with E-state index in [0.29, 0.717) is 12.1 Å². The summed E-state index contributed by atoms with van der Waals surface area (Å²) in [4.78, 5) is 6.50.